The van der Waals surface area contributed by atoms with Crippen molar-refractivity contribution >= 4 is 15.8 Å². The van der Waals surface area contributed by atoms with Crippen molar-refractivity contribution < 1.29 is 27.1 Å². The Morgan fingerprint density at radius 3 is 2.48 bits per heavy atom. The molecule has 0 amide bonds. The Hall–Kier alpha value is -1.35. The molecule has 1 aromatic carbocycles. The standard InChI is InChI=1S/C13H18FNO5S/c1-19-6-7-20-8-9-21(17,18)15-10-13(16)11-2-4-12(14)5-3-11/h2-5,15H,6-10H2,1H3. The number of carbonyl (C=O) groups is 1. The third kappa shape index (κ3) is 7.28. The first kappa shape index (κ1) is 17.7. The molecular weight excluding hydrogens is 301 g/mol. The number of hydrogen-bond acceptors (Lipinski definition) is 5. The fourth-order valence-corrected chi connectivity index (χ4v) is 2.23. The normalized spacial score (nSPS) is 11.5. The lowest BCUT2D eigenvalue weighted by Crippen LogP contribution is -2.33. The molecule has 0 aromatic heterocycles. The zero-order chi connectivity index (χ0) is 15.7. The molecule has 0 radical (unpaired) electrons. The first-order valence-electron chi connectivity index (χ1n) is 6.27. The Kier molecular flexibility index (Phi) is 7.44. The zero-order valence-corrected chi connectivity index (χ0v) is 12.5. The lowest BCUT2D eigenvalue weighted by Gasteiger charge is -2.07. The van der Waals surface area contributed by atoms with Crippen LogP contribution >= 0.6 is 0 Å². The lowest BCUT2D eigenvalue weighted by atomic mass is 10.1. The molecule has 0 aliphatic heterocycles. The molecule has 0 spiro atoms. The van der Waals surface area contributed by atoms with Gasteiger partial charge in [0.1, 0.15) is 5.82 Å². The summed E-state index contributed by atoms with van der Waals surface area (Å²) in [6.07, 6.45) is 0. The monoisotopic (exact) mass is 319 g/mol. The van der Waals surface area contributed by atoms with Crippen LogP contribution in [-0.2, 0) is 19.5 Å². The number of ketones is 1. The second-order valence-corrected chi connectivity index (χ2v) is 6.10. The molecule has 0 aliphatic carbocycles. The van der Waals surface area contributed by atoms with E-state index in [1.165, 1.54) is 19.2 Å². The summed E-state index contributed by atoms with van der Waals surface area (Å²) in [7, 11) is -2.07. The van der Waals surface area contributed by atoms with Crippen molar-refractivity contribution in [3.05, 3.63) is 35.6 Å². The minimum absolute atomic E-state index is 0.0173. The Labute approximate surface area is 123 Å². The van der Waals surface area contributed by atoms with E-state index in [4.69, 9.17) is 9.47 Å². The van der Waals surface area contributed by atoms with Gasteiger partial charge in [0.25, 0.3) is 0 Å². The first-order chi connectivity index (χ1) is 9.94. The Balaban J connectivity index is 2.35. The molecule has 0 fully saturated rings. The number of Topliss-reactive ketones (excluding diaryl/α,β-unsaturated/α-hetero) is 1. The van der Waals surface area contributed by atoms with E-state index < -0.39 is 21.6 Å². The van der Waals surface area contributed by atoms with E-state index in [-0.39, 0.29) is 24.5 Å². The zero-order valence-electron chi connectivity index (χ0n) is 11.7. The summed E-state index contributed by atoms with van der Waals surface area (Å²) >= 11 is 0. The van der Waals surface area contributed by atoms with Crippen molar-refractivity contribution in [1.82, 2.24) is 4.72 Å². The van der Waals surface area contributed by atoms with Crippen LogP contribution in [0.3, 0.4) is 0 Å². The molecule has 6 nitrogen and oxygen atoms in total. The number of ether oxygens (including phenoxy) is 2. The van der Waals surface area contributed by atoms with Crippen molar-refractivity contribution in [3.8, 4) is 0 Å². The summed E-state index contributed by atoms with van der Waals surface area (Å²) in [5.41, 5.74) is 0.246. The summed E-state index contributed by atoms with van der Waals surface area (Å²) in [5, 5.41) is 0. The van der Waals surface area contributed by atoms with Crippen LogP contribution in [0.25, 0.3) is 0 Å². The van der Waals surface area contributed by atoms with E-state index in [0.29, 0.717) is 13.2 Å². The van der Waals surface area contributed by atoms with E-state index in [1.807, 2.05) is 0 Å². The largest absolute Gasteiger partial charge is 0.382 e. The summed E-state index contributed by atoms with van der Waals surface area (Å²) in [4.78, 5) is 11.7. The summed E-state index contributed by atoms with van der Waals surface area (Å²) in [6.45, 7) is 0.340. The van der Waals surface area contributed by atoms with E-state index in [0.717, 1.165) is 12.1 Å². The molecule has 1 rings (SSSR count). The van der Waals surface area contributed by atoms with E-state index in [2.05, 4.69) is 4.72 Å². The Morgan fingerprint density at radius 2 is 1.86 bits per heavy atom. The van der Waals surface area contributed by atoms with Crippen LogP contribution in [0.1, 0.15) is 10.4 Å². The van der Waals surface area contributed by atoms with Crippen LogP contribution in [0.15, 0.2) is 24.3 Å². The van der Waals surface area contributed by atoms with Crippen molar-refractivity contribution in [2.24, 2.45) is 0 Å². The molecule has 0 heterocycles. The highest BCUT2D eigenvalue weighted by Crippen LogP contribution is 2.03. The molecule has 21 heavy (non-hydrogen) atoms. The molecule has 0 unspecified atom stereocenters. The van der Waals surface area contributed by atoms with Crippen LogP contribution in [-0.4, -0.2) is 53.4 Å². The minimum atomic E-state index is -3.59. The number of hydrogen-bond donors (Lipinski definition) is 1. The van der Waals surface area contributed by atoms with Gasteiger partial charge in [0.2, 0.25) is 10.0 Å². The highest BCUT2D eigenvalue weighted by atomic mass is 32.2. The van der Waals surface area contributed by atoms with Crippen molar-refractivity contribution in [1.29, 1.82) is 0 Å². The maximum absolute atomic E-state index is 12.7. The lowest BCUT2D eigenvalue weighted by molar-refractivity contribution is 0.0784. The van der Waals surface area contributed by atoms with Crippen molar-refractivity contribution in [2.75, 3.05) is 39.2 Å². The molecule has 0 saturated heterocycles. The van der Waals surface area contributed by atoms with Gasteiger partial charge in [0, 0.05) is 12.7 Å². The van der Waals surface area contributed by atoms with Crippen LogP contribution in [0.4, 0.5) is 4.39 Å². The second kappa shape index (κ2) is 8.83. The molecule has 0 bridgehead atoms. The third-order valence-corrected chi connectivity index (χ3v) is 3.84. The molecule has 0 aliphatic rings. The van der Waals surface area contributed by atoms with Gasteiger partial charge in [0.05, 0.1) is 32.1 Å². The fraction of sp³-hybridized carbons (Fsp3) is 0.462. The van der Waals surface area contributed by atoms with Gasteiger partial charge in [-0.3, -0.25) is 4.79 Å². The quantitative estimate of drug-likeness (QED) is 0.504. The Morgan fingerprint density at radius 1 is 1.19 bits per heavy atom. The van der Waals surface area contributed by atoms with Gasteiger partial charge in [-0.2, -0.15) is 0 Å². The van der Waals surface area contributed by atoms with Gasteiger partial charge >= 0.3 is 0 Å². The van der Waals surface area contributed by atoms with E-state index in [1.54, 1.807) is 0 Å². The number of nitrogens with one attached hydrogen (secondary N) is 1. The van der Waals surface area contributed by atoms with Gasteiger partial charge in [-0.1, -0.05) is 0 Å². The molecule has 1 N–H and O–H groups in total. The van der Waals surface area contributed by atoms with E-state index in [9.17, 15) is 17.6 Å². The van der Waals surface area contributed by atoms with Crippen molar-refractivity contribution in [3.63, 3.8) is 0 Å². The molecule has 0 atom stereocenters. The maximum atomic E-state index is 12.7. The Bertz CT molecular complexity index is 544. The number of halogens is 1. The number of sulfonamides is 1. The van der Waals surface area contributed by atoms with Crippen molar-refractivity contribution in [2.45, 2.75) is 0 Å². The first-order valence-corrected chi connectivity index (χ1v) is 7.92. The molecule has 118 valence electrons. The number of benzene rings is 1. The average molecular weight is 319 g/mol. The SMILES string of the molecule is COCCOCCS(=O)(=O)NCC(=O)c1ccc(F)cc1. The van der Waals surface area contributed by atoms with Gasteiger partial charge in [0.15, 0.2) is 5.78 Å². The molecule has 1 aromatic rings. The van der Waals surface area contributed by atoms with Crippen LogP contribution in [0, 0.1) is 5.82 Å². The van der Waals surface area contributed by atoms with Crippen LogP contribution in [0.2, 0.25) is 0 Å². The summed E-state index contributed by atoms with van der Waals surface area (Å²) in [6, 6.07) is 4.90. The van der Waals surface area contributed by atoms with Gasteiger partial charge in [-0.05, 0) is 24.3 Å². The topological polar surface area (TPSA) is 81.7 Å². The molecule has 8 heteroatoms. The third-order valence-electron chi connectivity index (χ3n) is 2.55. The molecule has 0 saturated carbocycles. The predicted octanol–water partition coefficient (Wildman–Crippen LogP) is 0.591. The van der Waals surface area contributed by atoms with Crippen LogP contribution in [0.5, 0.6) is 0 Å². The smallest absolute Gasteiger partial charge is 0.214 e. The maximum Gasteiger partial charge on any atom is 0.214 e. The molecular formula is C13H18FNO5S. The summed E-state index contributed by atoms with van der Waals surface area (Å²) in [5.74, 6) is -1.13. The predicted molar refractivity (Wildman–Crippen MR) is 75.2 cm³/mol. The summed E-state index contributed by atoms with van der Waals surface area (Å²) < 4.78 is 47.9. The average Bonchev–Trinajstić information content (AvgIpc) is 2.45. The van der Waals surface area contributed by atoms with Gasteiger partial charge < -0.3 is 9.47 Å². The number of methoxy groups -OCH3 is 1. The fourth-order valence-electron chi connectivity index (χ4n) is 1.40. The number of rotatable bonds is 10. The second-order valence-electron chi connectivity index (χ2n) is 4.18. The number of carbonyl (C=O) groups excluding carboxylic acids is 1. The van der Waals surface area contributed by atoms with Crippen LogP contribution < -0.4 is 4.72 Å². The highest BCUT2D eigenvalue weighted by Gasteiger charge is 2.13. The highest BCUT2D eigenvalue weighted by molar-refractivity contribution is 7.89. The van der Waals surface area contributed by atoms with E-state index >= 15 is 0 Å². The minimum Gasteiger partial charge on any atom is -0.382 e. The van der Waals surface area contributed by atoms with Gasteiger partial charge in [-0.25, -0.2) is 17.5 Å². The van der Waals surface area contributed by atoms with Gasteiger partial charge in [-0.15, -0.1) is 0 Å².